The molecular formula is C21H27NO3. The normalized spacial score (nSPS) is 10.6. The van der Waals surface area contributed by atoms with Crippen molar-refractivity contribution in [2.75, 3.05) is 18.5 Å². The summed E-state index contributed by atoms with van der Waals surface area (Å²) >= 11 is 0. The Bertz CT molecular complexity index is 693. The third kappa shape index (κ3) is 5.52. The van der Waals surface area contributed by atoms with Crippen molar-refractivity contribution in [3.8, 4) is 11.5 Å². The topological polar surface area (TPSA) is 47.6 Å². The molecule has 2 rings (SSSR count). The van der Waals surface area contributed by atoms with Gasteiger partial charge in [0.25, 0.3) is 5.91 Å². The van der Waals surface area contributed by atoms with Crippen molar-refractivity contribution in [3.63, 3.8) is 0 Å². The summed E-state index contributed by atoms with van der Waals surface area (Å²) in [5.41, 5.74) is 3.07. The Labute approximate surface area is 150 Å². The molecule has 1 N–H and O–H groups in total. The Balaban J connectivity index is 1.93. The third-order valence-corrected chi connectivity index (χ3v) is 3.86. The van der Waals surface area contributed by atoms with Crippen LogP contribution in [-0.2, 0) is 4.79 Å². The molecule has 134 valence electrons. The molecule has 25 heavy (non-hydrogen) atoms. The van der Waals surface area contributed by atoms with E-state index in [9.17, 15) is 4.79 Å². The number of hydrogen-bond donors (Lipinski definition) is 1. The first-order valence-electron chi connectivity index (χ1n) is 8.76. The summed E-state index contributed by atoms with van der Waals surface area (Å²) < 4.78 is 11.1. The van der Waals surface area contributed by atoms with Crippen molar-refractivity contribution in [1.82, 2.24) is 0 Å². The molecule has 2 aromatic carbocycles. The van der Waals surface area contributed by atoms with Crippen LogP contribution < -0.4 is 14.8 Å². The minimum atomic E-state index is -0.164. The van der Waals surface area contributed by atoms with E-state index in [1.54, 1.807) is 0 Å². The zero-order chi connectivity index (χ0) is 18.2. The number of aryl methyl sites for hydroxylation is 1. The van der Waals surface area contributed by atoms with Gasteiger partial charge in [0.1, 0.15) is 11.5 Å². The van der Waals surface area contributed by atoms with Gasteiger partial charge in [0.2, 0.25) is 0 Å². The molecule has 0 unspecified atom stereocenters. The van der Waals surface area contributed by atoms with Gasteiger partial charge in [0.05, 0.1) is 6.61 Å². The minimum Gasteiger partial charge on any atom is -0.494 e. The van der Waals surface area contributed by atoms with E-state index < -0.39 is 0 Å². The summed E-state index contributed by atoms with van der Waals surface area (Å²) in [5, 5.41) is 2.98. The molecule has 0 aliphatic carbocycles. The molecular weight excluding hydrogens is 314 g/mol. The molecule has 0 fully saturated rings. The number of ether oxygens (including phenoxy) is 2. The lowest BCUT2D eigenvalue weighted by atomic mass is 9.98. The van der Waals surface area contributed by atoms with Gasteiger partial charge in [0, 0.05) is 5.69 Å². The fourth-order valence-corrected chi connectivity index (χ4v) is 2.52. The van der Waals surface area contributed by atoms with Crippen LogP contribution in [0.5, 0.6) is 11.5 Å². The summed E-state index contributed by atoms with van der Waals surface area (Å²) in [4.78, 5) is 12.3. The molecule has 4 heteroatoms. The SMILES string of the molecule is CCCOc1ccc(OCC(=O)Nc2c(C)cccc2C(C)C)cc1. The van der Waals surface area contributed by atoms with Crippen molar-refractivity contribution < 1.29 is 14.3 Å². The number of carbonyl (C=O) groups excluding carboxylic acids is 1. The molecule has 0 aliphatic rings. The van der Waals surface area contributed by atoms with Crippen LogP contribution in [0.3, 0.4) is 0 Å². The van der Waals surface area contributed by atoms with Crippen LogP contribution >= 0.6 is 0 Å². The summed E-state index contributed by atoms with van der Waals surface area (Å²) in [6.07, 6.45) is 0.968. The van der Waals surface area contributed by atoms with Crippen molar-refractivity contribution >= 4 is 11.6 Å². The fraction of sp³-hybridized carbons (Fsp3) is 0.381. The van der Waals surface area contributed by atoms with Crippen molar-refractivity contribution in [2.45, 2.75) is 40.0 Å². The maximum absolute atomic E-state index is 12.3. The number of nitrogens with one attached hydrogen (secondary N) is 1. The molecule has 0 radical (unpaired) electrons. The van der Waals surface area contributed by atoms with E-state index in [1.807, 2.05) is 49.4 Å². The Morgan fingerprint density at radius 3 is 2.28 bits per heavy atom. The molecule has 2 aromatic rings. The first-order valence-corrected chi connectivity index (χ1v) is 8.76. The van der Waals surface area contributed by atoms with Gasteiger partial charge in [-0.1, -0.05) is 39.0 Å². The molecule has 0 saturated carbocycles. The predicted octanol–water partition coefficient (Wildman–Crippen LogP) is 4.92. The number of anilines is 1. The molecule has 0 saturated heterocycles. The van der Waals surface area contributed by atoms with Crippen LogP contribution in [0, 0.1) is 6.92 Å². The average Bonchev–Trinajstić information content (AvgIpc) is 2.60. The fourth-order valence-electron chi connectivity index (χ4n) is 2.52. The van der Waals surface area contributed by atoms with Crippen LogP contribution in [0.1, 0.15) is 44.2 Å². The summed E-state index contributed by atoms with van der Waals surface area (Å²) in [6.45, 7) is 8.96. The molecule has 0 heterocycles. The summed E-state index contributed by atoms with van der Waals surface area (Å²) in [6, 6.07) is 13.4. The van der Waals surface area contributed by atoms with Crippen LogP contribution in [0.2, 0.25) is 0 Å². The van der Waals surface area contributed by atoms with Gasteiger partial charge < -0.3 is 14.8 Å². The highest BCUT2D eigenvalue weighted by molar-refractivity contribution is 5.93. The predicted molar refractivity (Wildman–Crippen MR) is 102 cm³/mol. The molecule has 0 aromatic heterocycles. The highest BCUT2D eigenvalue weighted by Crippen LogP contribution is 2.27. The second kappa shape index (κ2) is 9.11. The van der Waals surface area contributed by atoms with E-state index in [0.717, 1.165) is 29.0 Å². The van der Waals surface area contributed by atoms with Gasteiger partial charge in [-0.15, -0.1) is 0 Å². The summed E-state index contributed by atoms with van der Waals surface area (Å²) in [5.74, 6) is 1.63. The standard InChI is InChI=1S/C21H27NO3/c1-5-13-24-17-9-11-18(12-10-17)25-14-20(23)22-21-16(4)7-6-8-19(21)15(2)3/h6-12,15H,5,13-14H2,1-4H3,(H,22,23). The third-order valence-electron chi connectivity index (χ3n) is 3.86. The molecule has 0 spiro atoms. The Hall–Kier alpha value is -2.49. The lowest BCUT2D eigenvalue weighted by Gasteiger charge is -2.16. The quantitative estimate of drug-likeness (QED) is 0.741. The molecule has 0 aliphatic heterocycles. The average molecular weight is 341 g/mol. The Morgan fingerprint density at radius 2 is 1.68 bits per heavy atom. The number of rotatable bonds is 8. The first kappa shape index (κ1) is 18.8. The monoisotopic (exact) mass is 341 g/mol. The van der Waals surface area contributed by atoms with Crippen LogP contribution in [0.15, 0.2) is 42.5 Å². The van der Waals surface area contributed by atoms with Gasteiger partial charge in [-0.05, 0) is 54.7 Å². The van der Waals surface area contributed by atoms with Crippen molar-refractivity contribution in [2.24, 2.45) is 0 Å². The van der Waals surface area contributed by atoms with E-state index in [-0.39, 0.29) is 12.5 Å². The largest absolute Gasteiger partial charge is 0.494 e. The van der Waals surface area contributed by atoms with Crippen LogP contribution in [0.25, 0.3) is 0 Å². The second-order valence-electron chi connectivity index (χ2n) is 6.35. The van der Waals surface area contributed by atoms with Gasteiger partial charge in [0.15, 0.2) is 6.61 Å². The maximum Gasteiger partial charge on any atom is 0.262 e. The Kier molecular flexibility index (Phi) is 6.87. The van der Waals surface area contributed by atoms with Crippen molar-refractivity contribution in [1.29, 1.82) is 0 Å². The summed E-state index contributed by atoms with van der Waals surface area (Å²) in [7, 11) is 0. The molecule has 4 nitrogen and oxygen atoms in total. The Morgan fingerprint density at radius 1 is 1.04 bits per heavy atom. The minimum absolute atomic E-state index is 0.0268. The second-order valence-corrected chi connectivity index (χ2v) is 6.35. The zero-order valence-electron chi connectivity index (χ0n) is 15.5. The lowest BCUT2D eigenvalue weighted by molar-refractivity contribution is -0.118. The maximum atomic E-state index is 12.3. The number of amides is 1. The smallest absolute Gasteiger partial charge is 0.262 e. The number of para-hydroxylation sites is 1. The van der Waals surface area contributed by atoms with E-state index in [2.05, 4.69) is 26.1 Å². The van der Waals surface area contributed by atoms with Crippen LogP contribution in [-0.4, -0.2) is 19.1 Å². The van der Waals surface area contributed by atoms with E-state index >= 15 is 0 Å². The van der Waals surface area contributed by atoms with Gasteiger partial charge in [-0.25, -0.2) is 0 Å². The number of hydrogen-bond acceptors (Lipinski definition) is 3. The van der Waals surface area contributed by atoms with E-state index in [0.29, 0.717) is 18.3 Å². The molecule has 1 amide bonds. The number of carbonyl (C=O) groups is 1. The van der Waals surface area contributed by atoms with Crippen LogP contribution in [0.4, 0.5) is 5.69 Å². The van der Waals surface area contributed by atoms with E-state index in [1.165, 1.54) is 0 Å². The number of benzene rings is 2. The molecule has 0 atom stereocenters. The van der Waals surface area contributed by atoms with Gasteiger partial charge in [-0.3, -0.25) is 4.79 Å². The highest BCUT2D eigenvalue weighted by atomic mass is 16.5. The molecule has 0 bridgehead atoms. The van der Waals surface area contributed by atoms with Crippen molar-refractivity contribution in [3.05, 3.63) is 53.6 Å². The van der Waals surface area contributed by atoms with Gasteiger partial charge >= 0.3 is 0 Å². The van der Waals surface area contributed by atoms with E-state index in [4.69, 9.17) is 9.47 Å². The highest BCUT2D eigenvalue weighted by Gasteiger charge is 2.12. The van der Waals surface area contributed by atoms with Gasteiger partial charge in [-0.2, -0.15) is 0 Å². The zero-order valence-corrected chi connectivity index (χ0v) is 15.5. The first-order chi connectivity index (χ1) is 12.0. The lowest BCUT2D eigenvalue weighted by Crippen LogP contribution is -2.21.